The molecule has 16 heavy (non-hydrogen) atoms. The van der Waals surface area contributed by atoms with Crippen LogP contribution in [-0.4, -0.2) is 9.97 Å². The molecule has 0 aliphatic heterocycles. The summed E-state index contributed by atoms with van der Waals surface area (Å²) in [5.41, 5.74) is 3.29. The molecule has 1 aromatic heterocycles. The van der Waals surface area contributed by atoms with Gasteiger partial charge in [0.2, 0.25) is 0 Å². The summed E-state index contributed by atoms with van der Waals surface area (Å²) in [5.74, 6) is 0. The second-order valence-electron chi connectivity index (χ2n) is 3.62. The Labute approximate surface area is 95.7 Å². The fourth-order valence-electron chi connectivity index (χ4n) is 1.58. The third-order valence-electron chi connectivity index (χ3n) is 2.47. The fourth-order valence-corrected chi connectivity index (χ4v) is 1.58. The van der Waals surface area contributed by atoms with Crippen molar-refractivity contribution in [2.45, 2.75) is 12.8 Å². The maximum atomic E-state index is 4.24. The number of hydrogen-bond donors (Lipinski definition) is 0. The van der Waals surface area contributed by atoms with Gasteiger partial charge < -0.3 is 0 Å². The quantitative estimate of drug-likeness (QED) is 0.775. The van der Waals surface area contributed by atoms with Crippen molar-refractivity contribution >= 4 is 6.08 Å². The lowest BCUT2D eigenvalue weighted by atomic mass is 10.1. The zero-order valence-electron chi connectivity index (χ0n) is 9.13. The largest absolute Gasteiger partial charge is 0.241 e. The van der Waals surface area contributed by atoms with E-state index in [1.165, 1.54) is 5.56 Å². The fraction of sp³-hybridized carbons (Fsp3) is 0.143. The van der Waals surface area contributed by atoms with Crippen molar-refractivity contribution in [1.82, 2.24) is 9.97 Å². The predicted molar refractivity (Wildman–Crippen MR) is 66.0 cm³/mol. The summed E-state index contributed by atoms with van der Waals surface area (Å²) in [7, 11) is 0. The maximum absolute atomic E-state index is 4.24. The summed E-state index contributed by atoms with van der Waals surface area (Å²) in [6.07, 6.45) is 5.28. The zero-order valence-corrected chi connectivity index (χ0v) is 9.13. The van der Waals surface area contributed by atoms with E-state index < -0.39 is 0 Å². The Kier molecular flexibility index (Phi) is 3.44. The van der Waals surface area contributed by atoms with E-state index in [0.29, 0.717) is 0 Å². The zero-order chi connectivity index (χ0) is 11.2. The lowest BCUT2D eigenvalue weighted by Gasteiger charge is -2.01. The molecule has 0 saturated heterocycles. The Bertz CT molecular complexity index is 463. The molecule has 0 amide bonds. The van der Waals surface area contributed by atoms with Gasteiger partial charge in [0.05, 0.1) is 5.69 Å². The molecule has 80 valence electrons. The molecule has 0 unspecified atom stereocenters. The highest BCUT2D eigenvalue weighted by Crippen LogP contribution is 2.06. The molecular formula is C14H14N2. The molecule has 1 heterocycles. The lowest BCUT2D eigenvalue weighted by Crippen LogP contribution is -1.96. The first-order valence-electron chi connectivity index (χ1n) is 5.36. The second kappa shape index (κ2) is 5.21. The Hall–Kier alpha value is -1.96. The predicted octanol–water partition coefficient (Wildman–Crippen LogP) is 2.90. The molecule has 2 rings (SSSR count). The van der Waals surface area contributed by atoms with Crippen LogP contribution in [0.1, 0.15) is 17.0 Å². The van der Waals surface area contributed by atoms with Crippen LogP contribution in [0.25, 0.3) is 6.08 Å². The molecule has 2 heteroatoms. The van der Waals surface area contributed by atoms with Crippen LogP contribution in [0.15, 0.2) is 49.3 Å². The van der Waals surface area contributed by atoms with Crippen molar-refractivity contribution in [3.05, 3.63) is 66.3 Å². The Morgan fingerprint density at radius 3 is 2.62 bits per heavy atom. The van der Waals surface area contributed by atoms with Gasteiger partial charge in [-0.3, -0.25) is 0 Å². The van der Waals surface area contributed by atoms with Crippen LogP contribution in [0.3, 0.4) is 0 Å². The maximum Gasteiger partial charge on any atom is 0.116 e. The third-order valence-corrected chi connectivity index (χ3v) is 2.47. The molecule has 0 aliphatic carbocycles. The topological polar surface area (TPSA) is 25.8 Å². The van der Waals surface area contributed by atoms with Crippen LogP contribution in [0.2, 0.25) is 0 Å². The Balaban J connectivity index is 2.02. The summed E-state index contributed by atoms with van der Waals surface area (Å²) in [6.45, 7) is 3.70. The molecular weight excluding hydrogens is 196 g/mol. The molecule has 0 radical (unpaired) electrons. The number of hydrogen-bond acceptors (Lipinski definition) is 2. The van der Waals surface area contributed by atoms with Gasteiger partial charge >= 0.3 is 0 Å². The molecule has 0 fully saturated rings. The second-order valence-corrected chi connectivity index (χ2v) is 3.62. The van der Waals surface area contributed by atoms with E-state index in [2.05, 4.69) is 40.8 Å². The SMILES string of the molecule is C=Cc1cc(CCc2ccccc2)ncn1. The van der Waals surface area contributed by atoms with E-state index in [9.17, 15) is 0 Å². The first-order chi connectivity index (χ1) is 7.88. The highest BCUT2D eigenvalue weighted by Gasteiger charge is 1.97. The van der Waals surface area contributed by atoms with Crippen LogP contribution in [0.4, 0.5) is 0 Å². The van der Waals surface area contributed by atoms with Crippen molar-refractivity contribution in [2.75, 3.05) is 0 Å². The van der Waals surface area contributed by atoms with E-state index in [0.717, 1.165) is 24.2 Å². The van der Waals surface area contributed by atoms with Gasteiger partial charge in [0.25, 0.3) is 0 Å². The lowest BCUT2D eigenvalue weighted by molar-refractivity contribution is 0.898. The smallest absolute Gasteiger partial charge is 0.116 e. The van der Waals surface area contributed by atoms with Gasteiger partial charge in [0.1, 0.15) is 6.33 Å². The summed E-state index contributed by atoms with van der Waals surface area (Å²) in [6, 6.07) is 12.4. The molecule has 0 N–H and O–H groups in total. The van der Waals surface area contributed by atoms with Gasteiger partial charge in [-0.1, -0.05) is 36.9 Å². The van der Waals surface area contributed by atoms with Gasteiger partial charge in [0, 0.05) is 5.69 Å². The molecule has 0 saturated carbocycles. The van der Waals surface area contributed by atoms with Gasteiger partial charge in [-0.25, -0.2) is 9.97 Å². The van der Waals surface area contributed by atoms with E-state index in [1.54, 1.807) is 12.4 Å². The summed E-state index contributed by atoms with van der Waals surface area (Å²) >= 11 is 0. The highest BCUT2D eigenvalue weighted by molar-refractivity contribution is 5.41. The molecule has 0 bridgehead atoms. The van der Waals surface area contributed by atoms with E-state index in [-0.39, 0.29) is 0 Å². The summed E-state index contributed by atoms with van der Waals surface area (Å²) in [5, 5.41) is 0. The monoisotopic (exact) mass is 210 g/mol. The van der Waals surface area contributed by atoms with E-state index >= 15 is 0 Å². The minimum Gasteiger partial charge on any atom is -0.241 e. The Morgan fingerprint density at radius 2 is 1.88 bits per heavy atom. The van der Waals surface area contributed by atoms with E-state index in [1.807, 2.05) is 12.1 Å². The minimum atomic E-state index is 0.887. The average Bonchev–Trinajstić information content (AvgIpc) is 2.38. The molecule has 2 nitrogen and oxygen atoms in total. The van der Waals surface area contributed by atoms with Gasteiger partial charge in [-0.15, -0.1) is 0 Å². The number of aryl methyl sites for hydroxylation is 2. The van der Waals surface area contributed by atoms with E-state index in [4.69, 9.17) is 0 Å². The van der Waals surface area contributed by atoms with Crippen LogP contribution < -0.4 is 0 Å². The molecule has 0 aliphatic rings. The van der Waals surface area contributed by atoms with Gasteiger partial charge in [-0.05, 0) is 30.5 Å². The van der Waals surface area contributed by atoms with Gasteiger partial charge in [-0.2, -0.15) is 0 Å². The number of benzene rings is 1. The van der Waals surface area contributed by atoms with Crippen molar-refractivity contribution in [3.8, 4) is 0 Å². The highest BCUT2D eigenvalue weighted by atomic mass is 14.8. The van der Waals surface area contributed by atoms with Crippen molar-refractivity contribution < 1.29 is 0 Å². The molecule has 1 aromatic carbocycles. The number of aromatic nitrogens is 2. The minimum absolute atomic E-state index is 0.887. The number of nitrogens with zero attached hydrogens (tertiary/aromatic N) is 2. The van der Waals surface area contributed by atoms with Crippen LogP contribution in [-0.2, 0) is 12.8 Å². The standard InChI is InChI=1S/C14H14N2/c1-2-13-10-14(16-11-15-13)9-8-12-6-4-3-5-7-12/h2-7,10-11H,1,8-9H2. The molecule has 0 atom stereocenters. The summed E-state index contributed by atoms with van der Waals surface area (Å²) < 4.78 is 0. The summed E-state index contributed by atoms with van der Waals surface area (Å²) in [4.78, 5) is 8.33. The van der Waals surface area contributed by atoms with Crippen molar-refractivity contribution in [1.29, 1.82) is 0 Å². The van der Waals surface area contributed by atoms with Gasteiger partial charge in [0.15, 0.2) is 0 Å². The Morgan fingerprint density at radius 1 is 1.06 bits per heavy atom. The first-order valence-corrected chi connectivity index (χ1v) is 5.36. The third kappa shape index (κ3) is 2.76. The van der Waals surface area contributed by atoms with Crippen LogP contribution >= 0.6 is 0 Å². The van der Waals surface area contributed by atoms with Crippen LogP contribution in [0, 0.1) is 0 Å². The van der Waals surface area contributed by atoms with Crippen molar-refractivity contribution in [2.24, 2.45) is 0 Å². The number of rotatable bonds is 4. The first kappa shape index (κ1) is 10.6. The van der Waals surface area contributed by atoms with Crippen molar-refractivity contribution in [3.63, 3.8) is 0 Å². The molecule has 0 spiro atoms. The van der Waals surface area contributed by atoms with Crippen LogP contribution in [0.5, 0.6) is 0 Å². The average molecular weight is 210 g/mol. The normalized spacial score (nSPS) is 10.0. The molecule has 2 aromatic rings.